The Bertz CT molecular complexity index is 963. The first-order valence-corrected chi connectivity index (χ1v) is 7.55. The normalized spacial score (nSPS) is 11.5. The van der Waals surface area contributed by atoms with Crippen molar-refractivity contribution in [1.29, 1.82) is 0 Å². The molecule has 0 bridgehead atoms. The highest BCUT2D eigenvalue weighted by Gasteiger charge is 2.00. The number of hydrogen-bond acceptors (Lipinski definition) is 0. The van der Waals surface area contributed by atoms with E-state index >= 15 is 0 Å². The molecule has 0 spiro atoms. The Morgan fingerprint density at radius 2 is 1.09 bits per heavy atom. The fourth-order valence-electron chi connectivity index (χ4n) is 2.88. The fraction of sp³-hybridized carbons (Fsp3) is 0. The molecule has 0 fully saturated rings. The summed E-state index contributed by atoms with van der Waals surface area (Å²) in [6, 6.07) is 30.0. The molecule has 4 aromatic carbocycles. The molecule has 0 radical (unpaired) electrons. The molecule has 0 atom stereocenters. The Labute approximate surface area is 130 Å². The van der Waals surface area contributed by atoms with Crippen molar-refractivity contribution in [3.63, 3.8) is 0 Å². The van der Waals surface area contributed by atoms with E-state index in [1.54, 1.807) is 0 Å². The first-order chi connectivity index (χ1) is 10.9. The second kappa shape index (κ2) is 5.50. The van der Waals surface area contributed by atoms with E-state index in [1.165, 1.54) is 32.7 Å². The Hall–Kier alpha value is -2.86. The van der Waals surface area contributed by atoms with Gasteiger partial charge in [0.2, 0.25) is 0 Å². The van der Waals surface area contributed by atoms with Crippen LogP contribution in [0.4, 0.5) is 0 Å². The standard InChI is InChI=1S/C22H16/c1-2-6-17(7-3-1)10-11-18-12-13-20-15-14-19-8-4-5-9-21(19)22(20)16-18/h1-16H/b11-10-. The van der Waals surface area contributed by atoms with E-state index in [4.69, 9.17) is 0 Å². The van der Waals surface area contributed by atoms with Crippen LogP contribution in [0.2, 0.25) is 0 Å². The minimum atomic E-state index is 1.22. The number of benzene rings is 4. The molecule has 0 saturated heterocycles. The Kier molecular flexibility index (Phi) is 3.21. The maximum absolute atomic E-state index is 2.27. The summed E-state index contributed by atoms with van der Waals surface area (Å²) in [5, 5.41) is 5.21. The van der Waals surface area contributed by atoms with Crippen LogP contribution < -0.4 is 0 Å². The van der Waals surface area contributed by atoms with Gasteiger partial charge in [-0.25, -0.2) is 0 Å². The van der Waals surface area contributed by atoms with Crippen molar-refractivity contribution in [2.45, 2.75) is 0 Å². The van der Waals surface area contributed by atoms with Gasteiger partial charge < -0.3 is 0 Å². The quantitative estimate of drug-likeness (QED) is 0.304. The highest BCUT2D eigenvalue weighted by Crippen LogP contribution is 2.26. The summed E-state index contributed by atoms with van der Waals surface area (Å²) in [6.07, 6.45) is 4.34. The van der Waals surface area contributed by atoms with Crippen LogP contribution in [0.5, 0.6) is 0 Å². The summed E-state index contributed by atoms with van der Waals surface area (Å²) in [7, 11) is 0. The number of fused-ring (bicyclic) bond motifs is 3. The molecule has 4 aromatic rings. The maximum Gasteiger partial charge on any atom is -0.00995 e. The lowest BCUT2D eigenvalue weighted by molar-refractivity contribution is 1.66. The first-order valence-electron chi connectivity index (χ1n) is 7.55. The molecule has 0 amide bonds. The second-order valence-electron chi connectivity index (χ2n) is 5.51. The van der Waals surface area contributed by atoms with Gasteiger partial charge in [-0.3, -0.25) is 0 Å². The largest absolute Gasteiger partial charge is 0.0622 e. The zero-order chi connectivity index (χ0) is 14.8. The van der Waals surface area contributed by atoms with Gasteiger partial charge in [0.25, 0.3) is 0 Å². The molecule has 0 heterocycles. The van der Waals surface area contributed by atoms with Crippen molar-refractivity contribution in [2.75, 3.05) is 0 Å². The lowest BCUT2D eigenvalue weighted by atomic mass is 10.00. The van der Waals surface area contributed by atoms with E-state index < -0.39 is 0 Å². The summed E-state index contributed by atoms with van der Waals surface area (Å²) in [5.74, 6) is 0. The van der Waals surface area contributed by atoms with Gasteiger partial charge in [-0.15, -0.1) is 0 Å². The lowest BCUT2D eigenvalue weighted by Gasteiger charge is -2.05. The summed E-state index contributed by atoms with van der Waals surface area (Å²) in [4.78, 5) is 0. The Balaban J connectivity index is 1.83. The van der Waals surface area contributed by atoms with E-state index in [9.17, 15) is 0 Å². The van der Waals surface area contributed by atoms with Crippen LogP contribution in [0.1, 0.15) is 11.1 Å². The van der Waals surface area contributed by atoms with Crippen molar-refractivity contribution < 1.29 is 0 Å². The van der Waals surface area contributed by atoms with Crippen molar-refractivity contribution in [2.24, 2.45) is 0 Å². The van der Waals surface area contributed by atoms with Gasteiger partial charge in [0.1, 0.15) is 0 Å². The molecule has 4 rings (SSSR count). The monoisotopic (exact) mass is 280 g/mol. The number of hydrogen-bond donors (Lipinski definition) is 0. The van der Waals surface area contributed by atoms with Crippen LogP contribution in [-0.2, 0) is 0 Å². The lowest BCUT2D eigenvalue weighted by Crippen LogP contribution is -1.79. The first kappa shape index (κ1) is 12.8. The molecule has 0 aromatic heterocycles. The highest BCUT2D eigenvalue weighted by atomic mass is 14.0. The van der Waals surface area contributed by atoms with Gasteiger partial charge in [-0.05, 0) is 38.7 Å². The molecule has 0 N–H and O–H groups in total. The van der Waals surface area contributed by atoms with Crippen LogP contribution in [0.3, 0.4) is 0 Å². The molecule has 22 heavy (non-hydrogen) atoms. The van der Waals surface area contributed by atoms with E-state index in [0.29, 0.717) is 0 Å². The van der Waals surface area contributed by atoms with Gasteiger partial charge in [0.15, 0.2) is 0 Å². The zero-order valence-corrected chi connectivity index (χ0v) is 12.2. The molecular weight excluding hydrogens is 264 g/mol. The minimum absolute atomic E-state index is 1.22. The van der Waals surface area contributed by atoms with Crippen molar-refractivity contribution in [1.82, 2.24) is 0 Å². The molecular formula is C22H16. The van der Waals surface area contributed by atoms with Gasteiger partial charge >= 0.3 is 0 Å². The van der Waals surface area contributed by atoms with Crippen LogP contribution in [0, 0.1) is 0 Å². The number of rotatable bonds is 2. The fourth-order valence-corrected chi connectivity index (χ4v) is 2.88. The molecule has 0 unspecified atom stereocenters. The van der Waals surface area contributed by atoms with Crippen molar-refractivity contribution in [3.8, 4) is 0 Å². The summed E-state index contributed by atoms with van der Waals surface area (Å²) in [6.45, 7) is 0. The third-order valence-corrected chi connectivity index (χ3v) is 4.04. The van der Waals surface area contributed by atoms with Crippen LogP contribution in [-0.4, -0.2) is 0 Å². The smallest absolute Gasteiger partial charge is 0.00995 e. The molecule has 0 nitrogen and oxygen atoms in total. The summed E-state index contributed by atoms with van der Waals surface area (Å²) >= 11 is 0. The summed E-state index contributed by atoms with van der Waals surface area (Å²) in [5.41, 5.74) is 2.45. The molecule has 0 aliphatic carbocycles. The average molecular weight is 280 g/mol. The third-order valence-electron chi connectivity index (χ3n) is 4.04. The topological polar surface area (TPSA) is 0 Å². The predicted molar refractivity (Wildman–Crippen MR) is 96.8 cm³/mol. The maximum atomic E-state index is 2.27. The summed E-state index contributed by atoms with van der Waals surface area (Å²) < 4.78 is 0. The van der Waals surface area contributed by atoms with E-state index in [1.807, 2.05) is 6.07 Å². The van der Waals surface area contributed by atoms with Crippen molar-refractivity contribution >= 4 is 33.7 Å². The van der Waals surface area contributed by atoms with Crippen LogP contribution in [0.15, 0.2) is 84.9 Å². The molecule has 0 aliphatic heterocycles. The molecule has 0 saturated carbocycles. The zero-order valence-electron chi connectivity index (χ0n) is 12.2. The highest BCUT2D eigenvalue weighted by molar-refractivity contribution is 6.08. The molecule has 0 aliphatic rings. The van der Waals surface area contributed by atoms with Gasteiger partial charge in [0, 0.05) is 0 Å². The van der Waals surface area contributed by atoms with Crippen LogP contribution >= 0.6 is 0 Å². The van der Waals surface area contributed by atoms with Crippen LogP contribution in [0.25, 0.3) is 33.7 Å². The van der Waals surface area contributed by atoms with E-state index in [-0.39, 0.29) is 0 Å². The second-order valence-corrected chi connectivity index (χ2v) is 5.51. The van der Waals surface area contributed by atoms with Crippen molar-refractivity contribution in [3.05, 3.63) is 96.1 Å². The van der Waals surface area contributed by atoms with Gasteiger partial charge in [0.05, 0.1) is 0 Å². The van der Waals surface area contributed by atoms with E-state index in [2.05, 4.69) is 91.0 Å². The van der Waals surface area contributed by atoms with Gasteiger partial charge in [-0.2, -0.15) is 0 Å². The SMILES string of the molecule is C(=C/c1ccc2ccc3ccccc3c2c1)/c1ccccc1. The predicted octanol–water partition coefficient (Wildman–Crippen LogP) is 6.16. The Morgan fingerprint density at radius 1 is 0.455 bits per heavy atom. The van der Waals surface area contributed by atoms with Gasteiger partial charge in [-0.1, -0.05) is 91.0 Å². The third kappa shape index (κ3) is 2.40. The molecule has 0 heteroatoms. The molecule has 104 valence electrons. The Morgan fingerprint density at radius 3 is 1.95 bits per heavy atom. The average Bonchev–Trinajstić information content (AvgIpc) is 2.60. The van der Waals surface area contributed by atoms with E-state index in [0.717, 1.165) is 0 Å². The minimum Gasteiger partial charge on any atom is -0.0622 e.